The normalized spacial score (nSPS) is 11.1. The van der Waals surface area contributed by atoms with Crippen LogP contribution in [0.25, 0.3) is 0 Å². The molecule has 0 amide bonds. The van der Waals surface area contributed by atoms with E-state index in [0.717, 1.165) is 18.5 Å². The molecule has 0 spiro atoms. The van der Waals surface area contributed by atoms with E-state index in [2.05, 4.69) is 15.6 Å². The molecule has 0 saturated heterocycles. The molecule has 3 N–H and O–H groups in total. The lowest BCUT2D eigenvalue weighted by atomic mass is 10.1. The van der Waals surface area contributed by atoms with Gasteiger partial charge in [0.15, 0.2) is 5.96 Å². The van der Waals surface area contributed by atoms with E-state index in [4.69, 9.17) is 14.6 Å². The molecule has 1 rings (SSSR count). The number of benzene rings is 1. The van der Waals surface area contributed by atoms with Crippen molar-refractivity contribution in [3.63, 3.8) is 0 Å². The van der Waals surface area contributed by atoms with Gasteiger partial charge in [0.25, 0.3) is 0 Å². The quantitative estimate of drug-likeness (QED) is 0.217. The van der Waals surface area contributed by atoms with Gasteiger partial charge < -0.3 is 25.2 Å². The Morgan fingerprint density at radius 3 is 2.71 bits per heavy atom. The Kier molecular flexibility index (Phi) is 13.8. The van der Waals surface area contributed by atoms with Crippen LogP contribution in [0.4, 0.5) is 4.39 Å². The Morgan fingerprint density at radius 1 is 1.25 bits per heavy atom. The van der Waals surface area contributed by atoms with Crippen molar-refractivity contribution in [2.24, 2.45) is 4.99 Å². The smallest absolute Gasteiger partial charge is 0.191 e. The largest absolute Gasteiger partial charge is 0.392 e. The zero-order valence-corrected chi connectivity index (χ0v) is 16.5. The fraction of sp³-hybridized carbons (Fsp3) is 0.562. The molecule has 0 saturated carbocycles. The fourth-order valence-corrected chi connectivity index (χ4v) is 1.89. The molecule has 0 atom stereocenters. The predicted molar refractivity (Wildman–Crippen MR) is 103 cm³/mol. The number of nitrogens with one attached hydrogen (secondary N) is 2. The van der Waals surface area contributed by atoms with Crippen molar-refractivity contribution in [2.45, 2.75) is 19.6 Å². The molecule has 0 radical (unpaired) electrons. The van der Waals surface area contributed by atoms with E-state index < -0.39 is 5.82 Å². The first-order valence-electron chi connectivity index (χ1n) is 7.60. The molecule has 0 aliphatic heterocycles. The lowest BCUT2D eigenvalue weighted by molar-refractivity contribution is 0.0698. The Hall–Kier alpha value is -0.970. The first-order valence-corrected chi connectivity index (χ1v) is 7.60. The summed E-state index contributed by atoms with van der Waals surface area (Å²) in [6.45, 7) is 2.78. The number of guanidine groups is 1. The molecule has 0 bridgehead atoms. The SMILES string of the molecule is CN=C(NCCCOCCOC)NCc1ccc(F)c(CO)c1.I. The molecule has 1 aromatic carbocycles. The van der Waals surface area contributed by atoms with Gasteiger partial charge in [-0.15, -0.1) is 24.0 Å². The maximum absolute atomic E-state index is 13.3. The molecule has 24 heavy (non-hydrogen) atoms. The minimum absolute atomic E-state index is 0. The average molecular weight is 455 g/mol. The number of rotatable bonds is 10. The van der Waals surface area contributed by atoms with Crippen molar-refractivity contribution in [1.29, 1.82) is 0 Å². The molecule has 6 nitrogen and oxygen atoms in total. The van der Waals surface area contributed by atoms with Crippen molar-refractivity contribution >= 4 is 29.9 Å². The molecule has 138 valence electrons. The van der Waals surface area contributed by atoms with Gasteiger partial charge in [0.05, 0.1) is 19.8 Å². The van der Waals surface area contributed by atoms with Gasteiger partial charge in [-0.3, -0.25) is 4.99 Å². The summed E-state index contributed by atoms with van der Waals surface area (Å²) in [4.78, 5) is 4.12. The summed E-state index contributed by atoms with van der Waals surface area (Å²) >= 11 is 0. The van der Waals surface area contributed by atoms with Gasteiger partial charge in [-0.1, -0.05) is 6.07 Å². The van der Waals surface area contributed by atoms with Crippen LogP contribution < -0.4 is 10.6 Å². The zero-order valence-electron chi connectivity index (χ0n) is 14.2. The second-order valence-corrected chi connectivity index (χ2v) is 4.90. The van der Waals surface area contributed by atoms with Gasteiger partial charge in [0.1, 0.15) is 5.82 Å². The van der Waals surface area contributed by atoms with Crippen molar-refractivity contribution in [3.05, 3.63) is 35.1 Å². The minimum atomic E-state index is -0.396. The lowest BCUT2D eigenvalue weighted by Gasteiger charge is -2.12. The van der Waals surface area contributed by atoms with Crippen LogP contribution in [-0.2, 0) is 22.6 Å². The van der Waals surface area contributed by atoms with Crippen molar-refractivity contribution < 1.29 is 19.0 Å². The molecule has 1 aromatic rings. The summed E-state index contributed by atoms with van der Waals surface area (Å²) in [7, 11) is 3.33. The number of hydrogen-bond donors (Lipinski definition) is 3. The number of hydrogen-bond acceptors (Lipinski definition) is 4. The summed E-state index contributed by atoms with van der Waals surface area (Å²) in [5.74, 6) is 0.268. The summed E-state index contributed by atoms with van der Waals surface area (Å²) in [6.07, 6.45) is 0.857. The number of methoxy groups -OCH3 is 1. The minimum Gasteiger partial charge on any atom is -0.392 e. The second-order valence-electron chi connectivity index (χ2n) is 4.90. The Labute approximate surface area is 159 Å². The van der Waals surface area contributed by atoms with E-state index in [0.29, 0.717) is 37.9 Å². The molecular formula is C16H27FIN3O3. The average Bonchev–Trinajstić information content (AvgIpc) is 2.58. The maximum Gasteiger partial charge on any atom is 0.191 e. The van der Waals surface area contributed by atoms with E-state index in [1.54, 1.807) is 26.3 Å². The number of aliphatic hydroxyl groups is 1. The van der Waals surface area contributed by atoms with E-state index in [-0.39, 0.29) is 30.6 Å². The fourth-order valence-electron chi connectivity index (χ4n) is 1.89. The lowest BCUT2D eigenvalue weighted by Crippen LogP contribution is -2.37. The molecule has 0 fully saturated rings. The van der Waals surface area contributed by atoms with Gasteiger partial charge in [0.2, 0.25) is 0 Å². The number of aliphatic imine (C=N–C) groups is 1. The van der Waals surface area contributed by atoms with E-state index in [1.165, 1.54) is 6.07 Å². The number of ether oxygens (including phenoxy) is 2. The summed E-state index contributed by atoms with van der Waals surface area (Å²) in [5, 5.41) is 15.4. The van der Waals surface area contributed by atoms with Gasteiger partial charge in [-0.2, -0.15) is 0 Å². The van der Waals surface area contributed by atoms with Crippen molar-refractivity contribution in [3.8, 4) is 0 Å². The number of aliphatic hydroxyl groups excluding tert-OH is 1. The predicted octanol–water partition coefficient (Wildman–Crippen LogP) is 1.65. The standard InChI is InChI=1S/C16H26FN3O3.HI/c1-18-16(19-6-3-7-23-9-8-22-2)20-11-13-4-5-15(17)14(10-13)12-21;/h4-5,10,21H,3,6-9,11-12H2,1-2H3,(H2,18,19,20);1H. The molecule has 0 aromatic heterocycles. The highest BCUT2D eigenvalue weighted by molar-refractivity contribution is 14.0. The molecular weight excluding hydrogens is 428 g/mol. The van der Waals surface area contributed by atoms with Crippen molar-refractivity contribution in [1.82, 2.24) is 10.6 Å². The third kappa shape index (κ3) is 9.36. The molecule has 0 unspecified atom stereocenters. The molecule has 0 aliphatic carbocycles. The van der Waals surface area contributed by atoms with Crippen LogP contribution in [0.2, 0.25) is 0 Å². The highest BCUT2D eigenvalue weighted by Crippen LogP contribution is 2.10. The molecule has 8 heteroatoms. The number of halogens is 2. The van der Waals surface area contributed by atoms with Gasteiger partial charge in [-0.05, 0) is 24.1 Å². The highest BCUT2D eigenvalue weighted by Gasteiger charge is 2.03. The van der Waals surface area contributed by atoms with Crippen LogP contribution in [0.5, 0.6) is 0 Å². The van der Waals surface area contributed by atoms with E-state index in [1.807, 2.05) is 0 Å². The topological polar surface area (TPSA) is 75.1 Å². The highest BCUT2D eigenvalue weighted by atomic mass is 127. The van der Waals surface area contributed by atoms with Crippen LogP contribution in [0.3, 0.4) is 0 Å². The van der Waals surface area contributed by atoms with E-state index in [9.17, 15) is 4.39 Å². The van der Waals surface area contributed by atoms with Gasteiger partial charge in [-0.25, -0.2) is 4.39 Å². The van der Waals surface area contributed by atoms with Crippen LogP contribution in [-0.4, -0.2) is 51.6 Å². The zero-order chi connectivity index (χ0) is 16.9. The van der Waals surface area contributed by atoms with E-state index >= 15 is 0 Å². The second kappa shape index (κ2) is 14.4. The van der Waals surface area contributed by atoms with Gasteiger partial charge in [0, 0.05) is 39.4 Å². The number of nitrogens with zero attached hydrogens (tertiary/aromatic N) is 1. The Morgan fingerprint density at radius 2 is 2.04 bits per heavy atom. The summed E-state index contributed by atoms with van der Waals surface area (Å²) in [6, 6.07) is 4.67. The summed E-state index contributed by atoms with van der Waals surface area (Å²) in [5.41, 5.74) is 1.17. The van der Waals surface area contributed by atoms with Crippen LogP contribution in [0.1, 0.15) is 17.5 Å². The first kappa shape index (κ1) is 23.0. The third-order valence-corrected chi connectivity index (χ3v) is 3.15. The first-order chi connectivity index (χ1) is 11.2. The Balaban J connectivity index is 0.00000529. The van der Waals surface area contributed by atoms with Crippen LogP contribution >= 0.6 is 24.0 Å². The third-order valence-electron chi connectivity index (χ3n) is 3.15. The Bertz CT molecular complexity index is 490. The van der Waals surface area contributed by atoms with Crippen molar-refractivity contribution in [2.75, 3.05) is 40.5 Å². The molecule has 0 heterocycles. The monoisotopic (exact) mass is 455 g/mol. The molecule has 0 aliphatic rings. The summed E-state index contributed by atoms with van der Waals surface area (Å²) < 4.78 is 23.6. The van der Waals surface area contributed by atoms with Crippen LogP contribution in [0, 0.1) is 5.82 Å². The maximum atomic E-state index is 13.3. The van der Waals surface area contributed by atoms with Crippen LogP contribution in [0.15, 0.2) is 23.2 Å². The van der Waals surface area contributed by atoms with Gasteiger partial charge >= 0.3 is 0 Å².